The summed E-state index contributed by atoms with van der Waals surface area (Å²) >= 11 is 0. The Morgan fingerprint density at radius 3 is 2.84 bits per heavy atom. The number of carbonyl (C=O) groups is 1. The van der Waals surface area contributed by atoms with Gasteiger partial charge >= 0.3 is 0 Å². The van der Waals surface area contributed by atoms with Crippen LogP contribution >= 0.6 is 0 Å². The second-order valence-electron chi connectivity index (χ2n) is 6.42. The van der Waals surface area contributed by atoms with Gasteiger partial charge in [0.2, 0.25) is 5.91 Å². The minimum absolute atomic E-state index is 0.0514. The standard InChI is InChI=1S/C19H25N3O3/c1-14-17(15(2)25-21-14)8-9-20-19(23)18-13-22(10-11-24-18)12-16-6-4-3-5-7-16/h3-7,18H,8-13H2,1-2H3,(H,20,23)/t18-/m1/s1. The molecule has 1 amide bonds. The van der Waals surface area contributed by atoms with Crippen LogP contribution < -0.4 is 5.32 Å². The number of morpholine rings is 1. The minimum Gasteiger partial charge on any atom is -0.366 e. The lowest BCUT2D eigenvalue weighted by atomic mass is 10.1. The molecule has 1 aromatic heterocycles. The number of aryl methyl sites for hydroxylation is 2. The molecule has 0 unspecified atom stereocenters. The highest BCUT2D eigenvalue weighted by Crippen LogP contribution is 2.13. The van der Waals surface area contributed by atoms with E-state index >= 15 is 0 Å². The number of ether oxygens (including phenoxy) is 1. The van der Waals surface area contributed by atoms with Gasteiger partial charge in [-0.3, -0.25) is 9.69 Å². The number of hydrogen-bond acceptors (Lipinski definition) is 5. The van der Waals surface area contributed by atoms with Gasteiger partial charge in [-0.25, -0.2) is 0 Å². The highest BCUT2D eigenvalue weighted by atomic mass is 16.5. The first-order valence-corrected chi connectivity index (χ1v) is 8.71. The maximum Gasteiger partial charge on any atom is 0.250 e. The normalized spacial score (nSPS) is 18.2. The number of nitrogens with zero attached hydrogens (tertiary/aromatic N) is 2. The highest BCUT2D eigenvalue weighted by molar-refractivity contribution is 5.81. The smallest absolute Gasteiger partial charge is 0.250 e. The Morgan fingerprint density at radius 2 is 2.12 bits per heavy atom. The lowest BCUT2D eigenvalue weighted by Crippen LogP contribution is -2.49. The molecular formula is C19H25N3O3. The molecule has 134 valence electrons. The molecule has 1 aromatic carbocycles. The lowest BCUT2D eigenvalue weighted by molar-refractivity contribution is -0.138. The quantitative estimate of drug-likeness (QED) is 0.867. The monoisotopic (exact) mass is 343 g/mol. The Balaban J connectivity index is 1.47. The fraction of sp³-hybridized carbons (Fsp3) is 0.474. The highest BCUT2D eigenvalue weighted by Gasteiger charge is 2.26. The van der Waals surface area contributed by atoms with Crippen molar-refractivity contribution < 1.29 is 14.1 Å². The van der Waals surface area contributed by atoms with Crippen molar-refractivity contribution in [1.29, 1.82) is 0 Å². The predicted molar refractivity (Wildman–Crippen MR) is 94.1 cm³/mol. The maximum atomic E-state index is 12.4. The van der Waals surface area contributed by atoms with Gasteiger partial charge in [0, 0.05) is 31.7 Å². The summed E-state index contributed by atoms with van der Waals surface area (Å²) in [5, 5.41) is 6.90. The van der Waals surface area contributed by atoms with E-state index in [1.54, 1.807) is 0 Å². The van der Waals surface area contributed by atoms with Gasteiger partial charge in [-0.15, -0.1) is 0 Å². The molecule has 25 heavy (non-hydrogen) atoms. The summed E-state index contributed by atoms with van der Waals surface area (Å²) < 4.78 is 10.8. The van der Waals surface area contributed by atoms with Gasteiger partial charge in [-0.2, -0.15) is 0 Å². The lowest BCUT2D eigenvalue weighted by Gasteiger charge is -2.32. The topological polar surface area (TPSA) is 67.6 Å². The van der Waals surface area contributed by atoms with Crippen LogP contribution in [0.3, 0.4) is 0 Å². The van der Waals surface area contributed by atoms with Crippen molar-refractivity contribution in [3.05, 3.63) is 52.9 Å². The molecule has 0 saturated carbocycles. The summed E-state index contributed by atoms with van der Waals surface area (Å²) in [5.41, 5.74) is 3.20. The SMILES string of the molecule is Cc1noc(C)c1CCNC(=O)[C@H]1CN(Cc2ccccc2)CCO1. The Hall–Kier alpha value is -2.18. The van der Waals surface area contributed by atoms with Crippen LogP contribution in [0.15, 0.2) is 34.9 Å². The third-order valence-electron chi connectivity index (χ3n) is 4.55. The van der Waals surface area contributed by atoms with Gasteiger partial charge in [0.05, 0.1) is 12.3 Å². The number of benzene rings is 1. The second-order valence-corrected chi connectivity index (χ2v) is 6.42. The molecule has 1 fully saturated rings. The van der Waals surface area contributed by atoms with Crippen LogP contribution in [0.1, 0.15) is 22.6 Å². The number of aromatic nitrogens is 1. The van der Waals surface area contributed by atoms with Gasteiger partial charge in [0.1, 0.15) is 11.9 Å². The van der Waals surface area contributed by atoms with E-state index in [4.69, 9.17) is 9.26 Å². The van der Waals surface area contributed by atoms with E-state index in [0.29, 0.717) is 26.1 Å². The van der Waals surface area contributed by atoms with Gasteiger partial charge < -0.3 is 14.6 Å². The van der Waals surface area contributed by atoms with Crippen molar-refractivity contribution in [3.63, 3.8) is 0 Å². The van der Waals surface area contributed by atoms with Crippen LogP contribution in [-0.2, 0) is 22.5 Å². The van der Waals surface area contributed by atoms with Crippen LogP contribution in [0, 0.1) is 13.8 Å². The van der Waals surface area contributed by atoms with E-state index in [9.17, 15) is 4.79 Å². The molecule has 6 nitrogen and oxygen atoms in total. The predicted octanol–water partition coefficient (Wildman–Crippen LogP) is 1.85. The summed E-state index contributed by atoms with van der Waals surface area (Å²) in [5.74, 6) is 0.763. The first-order valence-electron chi connectivity index (χ1n) is 8.71. The molecule has 1 aliphatic heterocycles. The van der Waals surface area contributed by atoms with Gasteiger partial charge in [-0.1, -0.05) is 35.5 Å². The van der Waals surface area contributed by atoms with E-state index < -0.39 is 6.10 Å². The number of hydrogen-bond donors (Lipinski definition) is 1. The van der Waals surface area contributed by atoms with Gasteiger partial charge in [-0.05, 0) is 25.8 Å². The number of nitrogens with one attached hydrogen (secondary N) is 1. The summed E-state index contributed by atoms with van der Waals surface area (Å²) in [6, 6.07) is 10.3. The van der Waals surface area contributed by atoms with Crippen LogP contribution in [0.5, 0.6) is 0 Å². The fourth-order valence-electron chi connectivity index (χ4n) is 3.13. The Morgan fingerprint density at radius 1 is 1.32 bits per heavy atom. The molecule has 1 aliphatic rings. The van der Waals surface area contributed by atoms with Crippen LogP contribution in [0.25, 0.3) is 0 Å². The largest absolute Gasteiger partial charge is 0.366 e. The molecular weight excluding hydrogens is 318 g/mol. The molecule has 1 N–H and O–H groups in total. The Bertz CT molecular complexity index is 680. The van der Waals surface area contributed by atoms with E-state index in [1.165, 1.54) is 5.56 Å². The van der Waals surface area contributed by atoms with Crippen molar-refractivity contribution in [2.75, 3.05) is 26.2 Å². The summed E-state index contributed by atoms with van der Waals surface area (Å²) in [6.45, 7) is 7.24. The molecule has 2 aromatic rings. The molecule has 1 atom stereocenters. The number of amides is 1. The first-order chi connectivity index (χ1) is 12.1. The first kappa shape index (κ1) is 17.6. The zero-order valence-electron chi connectivity index (χ0n) is 14.8. The molecule has 3 rings (SSSR count). The molecule has 1 saturated heterocycles. The van der Waals surface area contributed by atoms with E-state index in [-0.39, 0.29) is 5.91 Å². The molecule has 0 radical (unpaired) electrons. The van der Waals surface area contributed by atoms with Crippen molar-refractivity contribution >= 4 is 5.91 Å². The van der Waals surface area contributed by atoms with Crippen molar-refractivity contribution in [2.24, 2.45) is 0 Å². The van der Waals surface area contributed by atoms with E-state index in [0.717, 1.165) is 30.1 Å². The summed E-state index contributed by atoms with van der Waals surface area (Å²) in [7, 11) is 0. The van der Waals surface area contributed by atoms with Crippen molar-refractivity contribution in [3.8, 4) is 0 Å². The summed E-state index contributed by atoms with van der Waals surface area (Å²) in [6.07, 6.45) is 0.301. The van der Waals surface area contributed by atoms with Crippen LogP contribution in [-0.4, -0.2) is 48.3 Å². The maximum absolute atomic E-state index is 12.4. The molecule has 0 spiro atoms. The average Bonchev–Trinajstić information content (AvgIpc) is 2.95. The average molecular weight is 343 g/mol. The van der Waals surface area contributed by atoms with Crippen LogP contribution in [0.2, 0.25) is 0 Å². The number of rotatable bonds is 6. The molecule has 0 bridgehead atoms. The van der Waals surface area contributed by atoms with Crippen molar-refractivity contribution in [2.45, 2.75) is 32.9 Å². The zero-order valence-corrected chi connectivity index (χ0v) is 14.8. The third kappa shape index (κ3) is 4.67. The van der Waals surface area contributed by atoms with Crippen molar-refractivity contribution in [1.82, 2.24) is 15.4 Å². The third-order valence-corrected chi connectivity index (χ3v) is 4.55. The van der Waals surface area contributed by atoms with E-state index in [2.05, 4.69) is 27.5 Å². The van der Waals surface area contributed by atoms with E-state index in [1.807, 2.05) is 32.0 Å². The van der Waals surface area contributed by atoms with Gasteiger partial charge in [0.15, 0.2) is 0 Å². The zero-order chi connectivity index (χ0) is 17.6. The second kappa shape index (κ2) is 8.27. The molecule has 2 heterocycles. The fourth-order valence-corrected chi connectivity index (χ4v) is 3.13. The summed E-state index contributed by atoms with van der Waals surface area (Å²) in [4.78, 5) is 14.7. The Labute approximate surface area is 148 Å². The van der Waals surface area contributed by atoms with Crippen LogP contribution in [0.4, 0.5) is 0 Å². The number of carbonyl (C=O) groups excluding carboxylic acids is 1. The van der Waals surface area contributed by atoms with Gasteiger partial charge in [0.25, 0.3) is 0 Å². The minimum atomic E-state index is -0.415. The molecule has 6 heteroatoms. The molecule has 0 aliphatic carbocycles. The Kier molecular flexibility index (Phi) is 5.83.